The smallest absolute Gasteiger partial charge is 0.0705 e. The Morgan fingerprint density at radius 3 is 2.24 bits per heavy atom. The van der Waals surface area contributed by atoms with Crippen LogP contribution in [0.5, 0.6) is 0 Å². The number of aryl methyl sites for hydroxylation is 1. The van der Waals surface area contributed by atoms with Crippen molar-refractivity contribution in [2.45, 2.75) is 50.9 Å². The van der Waals surface area contributed by atoms with Gasteiger partial charge in [0, 0.05) is 16.5 Å². The van der Waals surface area contributed by atoms with Gasteiger partial charge in [-0.3, -0.25) is 4.98 Å². The second-order valence-electron chi connectivity index (χ2n) is 8.09. The van der Waals surface area contributed by atoms with Gasteiger partial charge in [0.05, 0.1) is 5.52 Å². The molecule has 4 saturated carbocycles. The molecule has 1 aromatic carbocycles. The zero-order valence-corrected chi connectivity index (χ0v) is 12.8. The summed E-state index contributed by atoms with van der Waals surface area (Å²) in [7, 11) is 0. The summed E-state index contributed by atoms with van der Waals surface area (Å²) in [5.41, 5.74) is 4.34. The minimum Gasteiger partial charge on any atom is -0.252 e. The van der Waals surface area contributed by atoms with E-state index < -0.39 is 0 Å². The van der Waals surface area contributed by atoms with Crippen molar-refractivity contribution in [2.24, 2.45) is 17.8 Å². The van der Waals surface area contributed by atoms with Crippen LogP contribution in [0.25, 0.3) is 10.9 Å². The molecule has 21 heavy (non-hydrogen) atoms. The molecule has 1 heterocycles. The van der Waals surface area contributed by atoms with E-state index in [4.69, 9.17) is 4.98 Å². The molecular weight excluding hydrogens is 254 g/mol. The van der Waals surface area contributed by atoms with Crippen LogP contribution >= 0.6 is 0 Å². The number of benzene rings is 1. The van der Waals surface area contributed by atoms with Crippen molar-refractivity contribution < 1.29 is 0 Å². The third-order valence-corrected chi connectivity index (χ3v) is 6.43. The highest BCUT2D eigenvalue weighted by atomic mass is 14.8. The fraction of sp³-hybridized carbons (Fsp3) is 0.550. The summed E-state index contributed by atoms with van der Waals surface area (Å²) in [6, 6.07) is 11.3. The molecule has 4 aliphatic rings. The van der Waals surface area contributed by atoms with Crippen molar-refractivity contribution in [3.63, 3.8) is 0 Å². The minimum absolute atomic E-state index is 0.424. The average molecular weight is 277 g/mol. The average Bonchev–Trinajstić information content (AvgIpc) is 2.45. The van der Waals surface area contributed by atoms with Crippen molar-refractivity contribution in [2.75, 3.05) is 0 Å². The molecule has 0 N–H and O–H groups in total. The molecule has 0 aliphatic heterocycles. The van der Waals surface area contributed by atoms with Gasteiger partial charge in [0.25, 0.3) is 0 Å². The van der Waals surface area contributed by atoms with E-state index in [0.717, 1.165) is 17.8 Å². The fourth-order valence-corrected chi connectivity index (χ4v) is 5.96. The lowest BCUT2D eigenvalue weighted by atomic mass is 9.49. The molecule has 0 unspecified atom stereocenters. The predicted molar refractivity (Wildman–Crippen MR) is 86.3 cm³/mol. The summed E-state index contributed by atoms with van der Waals surface area (Å²) in [5.74, 6) is 2.98. The quantitative estimate of drug-likeness (QED) is 0.714. The van der Waals surface area contributed by atoms with Crippen LogP contribution in [0.15, 0.2) is 30.3 Å². The van der Waals surface area contributed by atoms with Crippen LogP contribution in [-0.2, 0) is 5.41 Å². The van der Waals surface area contributed by atoms with Crippen molar-refractivity contribution in [1.82, 2.24) is 4.98 Å². The highest BCUT2D eigenvalue weighted by Crippen LogP contribution is 2.60. The van der Waals surface area contributed by atoms with Gasteiger partial charge in [0.15, 0.2) is 0 Å². The molecule has 0 amide bonds. The third kappa shape index (κ3) is 1.79. The SMILES string of the molecule is Cc1ccc2nc(C34CC5CC(CC(C5)C3)C4)ccc2c1. The molecule has 108 valence electrons. The van der Waals surface area contributed by atoms with Crippen molar-refractivity contribution in [3.05, 3.63) is 41.6 Å². The standard InChI is InChI=1S/C20H23N/c1-13-2-4-18-17(6-13)3-5-19(21-18)20-10-14-7-15(11-20)9-16(8-14)12-20/h2-6,14-16H,7-12H2,1H3. The van der Waals surface area contributed by atoms with Crippen LogP contribution < -0.4 is 0 Å². The van der Waals surface area contributed by atoms with Crippen LogP contribution in [0.3, 0.4) is 0 Å². The van der Waals surface area contributed by atoms with Gasteiger partial charge in [-0.05, 0) is 81.4 Å². The summed E-state index contributed by atoms with van der Waals surface area (Å²) in [5, 5.41) is 1.29. The normalized spacial score (nSPS) is 37.3. The highest BCUT2D eigenvalue weighted by Gasteiger charge is 2.52. The zero-order valence-electron chi connectivity index (χ0n) is 12.8. The number of rotatable bonds is 1. The molecule has 0 saturated heterocycles. The molecule has 1 heteroatoms. The zero-order chi connectivity index (χ0) is 14.0. The Morgan fingerprint density at radius 1 is 0.905 bits per heavy atom. The molecular formula is C20H23N. The molecule has 4 bridgehead atoms. The van der Waals surface area contributed by atoms with E-state index in [0.29, 0.717) is 5.41 Å². The number of hydrogen-bond acceptors (Lipinski definition) is 1. The maximum absolute atomic E-state index is 5.11. The van der Waals surface area contributed by atoms with Crippen LogP contribution in [0, 0.1) is 24.7 Å². The maximum atomic E-state index is 5.11. The Labute approximate surface area is 126 Å². The topological polar surface area (TPSA) is 12.9 Å². The lowest BCUT2D eigenvalue weighted by molar-refractivity contribution is -0.00705. The highest BCUT2D eigenvalue weighted by molar-refractivity contribution is 5.79. The lowest BCUT2D eigenvalue weighted by Gasteiger charge is -2.56. The number of hydrogen-bond donors (Lipinski definition) is 0. The Bertz CT molecular complexity index is 680. The largest absolute Gasteiger partial charge is 0.252 e. The molecule has 0 radical (unpaired) electrons. The van der Waals surface area contributed by atoms with Crippen LogP contribution in [0.2, 0.25) is 0 Å². The first kappa shape index (κ1) is 12.2. The second-order valence-corrected chi connectivity index (χ2v) is 8.09. The number of fused-ring (bicyclic) bond motifs is 1. The second kappa shape index (κ2) is 4.09. The van der Waals surface area contributed by atoms with Gasteiger partial charge in [-0.25, -0.2) is 0 Å². The Morgan fingerprint density at radius 2 is 1.57 bits per heavy atom. The van der Waals surface area contributed by atoms with Gasteiger partial charge in [0.1, 0.15) is 0 Å². The van der Waals surface area contributed by atoms with Gasteiger partial charge in [0.2, 0.25) is 0 Å². The summed E-state index contributed by atoms with van der Waals surface area (Å²) in [4.78, 5) is 5.11. The molecule has 4 fully saturated rings. The number of nitrogens with zero attached hydrogens (tertiary/aromatic N) is 1. The van der Waals surface area contributed by atoms with Crippen LogP contribution in [0.4, 0.5) is 0 Å². The summed E-state index contributed by atoms with van der Waals surface area (Å²) < 4.78 is 0. The number of pyridine rings is 1. The van der Waals surface area contributed by atoms with Gasteiger partial charge in [-0.2, -0.15) is 0 Å². The first-order valence-electron chi connectivity index (χ1n) is 8.58. The Balaban J connectivity index is 1.62. The predicted octanol–water partition coefficient (Wildman–Crippen LogP) is 5.01. The lowest BCUT2D eigenvalue weighted by Crippen LogP contribution is -2.48. The summed E-state index contributed by atoms with van der Waals surface area (Å²) in [6.07, 6.45) is 8.74. The molecule has 2 aromatic rings. The first-order valence-corrected chi connectivity index (χ1v) is 8.58. The Hall–Kier alpha value is -1.37. The van der Waals surface area contributed by atoms with Crippen LogP contribution in [0.1, 0.15) is 49.8 Å². The van der Waals surface area contributed by atoms with E-state index in [9.17, 15) is 0 Å². The number of aromatic nitrogens is 1. The monoisotopic (exact) mass is 277 g/mol. The molecule has 0 atom stereocenters. The summed E-state index contributed by atoms with van der Waals surface area (Å²) >= 11 is 0. The van der Waals surface area contributed by atoms with E-state index in [1.54, 1.807) is 0 Å². The van der Waals surface area contributed by atoms with E-state index >= 15 is 0 Å². The van der Waals surface area contributed by atoms with Crippen LogP contribution in [-0.4, -0.2) is 4.98 Å². The minimum atomic E-state index is 0.424. The molecule has 4 aliphatic carbocycles. The maximum Gasteiger partial charge on any atom is 0.0705 e. The summed E-state index contributed by atoms with van der Waals surface area (Å²) in [6.45, 7) is 2.16. The van der Waals surface area contributed by atoms with E-state index in [-0.39, 0.29) is 0 Å². The molecule has 6 rings (SSSR count). The molecule has 1 aromatic heterocycles. The van der Waals surface area contributed by atoms with Gasteiger partial charge in [-0.1, -0.05) is 17.7 Å². The van der Waals surface area contributed by atoms with E-state index in [1.807, 2.05) is 0 Å². The van der Waals surface area contributed by atoms with Gasteiger partial charge < -0.3 is 0 Å². The van der Waals surface area contributed by atoms with Crippen molar-refractivity contribution >= 4 is 10.9 Å². The molecule has 0 spiro atoms. The van der Waals surface area contributed by atoms with Gasteiger partial charge >= 0.3 is 0 Å². The molecule has 1 nitrogen and oxygen atoms in total. The van der Waals surface area contributed by atoms with Gasteiger partial charge in [-0.15, -0.1) is 0 Å². The Kier molecular flexibility index (Phi) is 2.38. The van der Waals surface area contributed by atoms with Crippen molar-refractivity contribution in [1.29, 1.82) is 0 Å². The van der Waals surface area contributed by atoms with E-state index in [1.165, 1.54) is 60.7 Å². The first-order chi connectivity index (χ1) is 10.2. The van der Waals surface area contributed by atoms with Crippen molar-refractivity contribution in [3.8, 4) is 0 Å². The van der Waals surface area contributed by atoms with E-state index in [2.05, 4.69) is 37.3 Å². The third-order valence-electron chi connectivity index (χ3n) is 6.43. The fourth-order valence-electron chi connectivity index (χ4n) is 5.96.